The Morgan fingerprint density at radius 3 is 2.66 bits per heavy atom. The van der Waals surface area contributed by atoms with E-state index < -0.39 is 0 Å². The number of nitrogens with one attached hydrogen (secondary N) is 1. The third-order valence-electron chi connectivity index (χ3n) is 4.97. The number of hydrogen-bond acceptors (Lipinski definition) is 4. The molecule has 3 rings (SSSR count). The predicted octanol–water partition coefficient (Wildman–Crippen LogP) is 5.12. The molecule has 0 saturated heterocycles. The number of hydrogen-bond donors (Lipinski definition) is 2. The van der Waals surface area contributed by atoms with Crippen LogP contribution >= 0.6 is 0 Å². The van der Waals surface area contributed by atoms with E-state index in [1.807, 2.05) is 46.8 Å². The summed E-state index contributed by atoms with van der Waals surface area (Å²) in [5, 5.41) is 12.3. The summed E-state index contributed by atoms with van der Waals surface area (Å²) in [4.78, 5) is 4.39. The molecule has 2 aromatic carbocycles. The molecule has 154 valence electrons. The van der Waals surface area contributed by atoms with Crippen LogP contribution in [0.5, 0.6) is 0 Å². The first-order valence-corrected chi connectivity index (χ1v) is 9.96. The van der Waals surface area contributed by atoms with Gasteiger partial charge in [0.05, 0.1) is 12.3 Å². The van der Waals surface area contributed by atoms with Crippen molar-refractivity contribution in [1.82, 2.24) is 0 Å². The lowest BCUT2D eigenvalue weighted by atomic mass is 9.94. The molecule has 1 atom stereocenters. The van der Waals surface area contributed by atoms with Crippen molar-refractivity contribution in [3.63, 3.8) is 0 Å². The molecule has 0 fully saturated rings. The fourth-order valence-corrected chi connectivity index (χ4v) is 3.44. The van der Waals surface area contributed by atoms with Crippen molar-refractivity contribution in [3.8, 4) is 11.1 Å². The van der Waals surface area contributed by atoms with Crippen LogP contribution in [0, 0.1) is 19.7 Å². The van der Waals surface area contributed by atoms with Crippen molar-refractivity contribution in [2.45, 2.75) is 46.7 Å². The van der Waals surface area contributed by atoms with Gasteiger partial charge in [-0.15, -0.1) is 0 Å². The zero-order valence-corrected chi connectivity index (χ0v) is 17.7. The fourth-order valence-electron chi connectivity index (χ4n) is 3.44. The number of aliphatic hydroxyl groups excluding tert-OH is 1. The second kappa shape index (κ2) is 8.78. The maximum absolute atomic E-state index is 14.5. The number of benzene rings is 2. The molecule has 29 heavy (non-hydrogen) atoms. The maximum Gasteiger partial charge on any atom is 0.212 e. The van der Waals surface area contributed by atoms with Crippen molar-refractivity contribution in [3.05, 3.63) is 58.4 Å². The summed E-state index contributed by atoms with van der Waals surface area (Å²) in [5.41, 5.74) is 6.55. The average molecular weight is 397 g/mol. The van der Waals surface area contributed by atoms with E-state index in [1.54, 1.807) is 12.1 Å². The van der Waals surface area contributed by atoms with E-state index >= 15 is 0 Å². The fraction of sp³-hybridized carbons (Fsp3) is 0.375. The lowest BCUT2D eigenvalue weighted by Crippen LogP contribution is -2.10. The zero-order chi connectivity index (χ0) is 21.1. The lowest BCUT2D eigenvalue weighted by molar-refractivity contribution is 0.227. The molecule has 2 aromatic rings. The molecule has 1 aliphatic rings. The van der Waals surface area contributed by atoms with Crippen molar-refractivity contribution in [2.24, 2.45) is 4.99 Å². The normalized spacial score (nSPS) is 16.8. The minimum Gasteiger partial charge on any atom is -0.475 e. The van der Waals surface area contributed by atoms with Crippen LogP contribution in [-0.4, -0.2) is 36.3 Å². The van der Waals surface area contributed by atoms with Crippen molar-refractivity contribution < 1.29 is 14.2 Å². The first-order chi connectivity index (χ1) is 13.8. The third-order valence-corrected chi connectivity index (χ3v) is 4.97. The molecular formula is C24H29FN2O2. The number of aliphatic imine (C=N–C) groups is 1. The highest BCUT2D eigenvalue weighted by molar-refractivity contribution is 5.98. The van der Waals surface area contributed by atoms with Crippen LogP contribution < -0.4 is 5.32 Å². The van der Waals surface area contributed by atoms with Crippen molar-refractivity contribution in [2.75, 3.05) is 18.5 Å². The van der Waals surface area contributed by atoms with Gasteiger partial charge in [0.15, 0.2) is 0 Å². The van der Waals surface area contributed by atoms with Gasteiger partial charge < -0.3 is 15.2 Å². The Bertz CT molecular complexity index is 964. The van der Waals surface area contributed by atoms with E-state index in [9.17, 15) is 9.50 Å². The van der Waals surface area contributed by atoms with Crippen LogP contribution in [0.1, 0.15) is 37.5 Å². The summed E-state index contributed by atoms with van der Waals surface area (Å²) in [6.07, 6.45) is 2.04. The molecule has 0 saturated carbocycles. The smallest absolute Gasteiger partial charge is 0.212 e. The highest BCUT2D eigenvalue weighted by atomic mass is 19.1. The van der Waals surface area contributed by atoms with Gasteiger partial charge in [0.1, 0.15) is 18.5 Å². The summed E-state index contributed by atoms with van der Waals surface area (Å²) >= 11 is 0. The summed E-state index contributed by atoms with van der Waals surface area (Å²) in [7, 11) is 0. The largest absolute Gasteiger partial charge is 0.475 e. The first-order valence-electron chi connectivity index (χ1n) is 9.96. The van der Waals surface area contributed by atoms with Crippen molar-refractivity contribution in [1.29, 1.82) is 0 Å². The van der Waals surface area contributed by atoms with Gasteiger partial charge in [-0.2, -0.15) is 0 Å². The van der Waals surface area contributed by atoms with Gasteiger partial charge in [-0.05, 0) is 80.6 Å². The Labute approximate surface area is 172 Å². The molecule has 0 aromatic heterocycles. The average Bonchev–Trinajstić information content (AvgIpc) is 3.15. The van der Waals surface area contributed by atoms with Crippen molar-refractivity contribution >= 4 is 17.7 Å². The summed E-state index contributed by atoms with van der Waals surface area (Å²) in [5.74, 6) is 0.336. The number of aryl methyl sites for hydroxylation is 2. The van der Waals surface area contributed by atoms with Gasteiger partial charge in [0, 0.05) is 11.6 Å². The molecule has 1 aliphatic heterocycles. The Kier molecular flexibility index (Phi) is 6.38. The number of nitrogens with zero attached hydrogens (tertiary/aromatic N) is 1. The molecule has 2 N–H and O–H groups in total. The van der Waals surface area contributed by atoms with Gasteiger partial charge in [-0.25, -0.2) is 9.38 Å². The molecule has 0 radical (unpaired) electrons. The SMILES string of the molecule is C/C(=C\c1cc(C)c(-c2ccc(NC(C)C)c(F)c2)cc1C)C1=N[C@@H](CO)CO1. The minimum absolute atomic E-state index is 0.00828. The van der Waals surface area contributed by atoms with Gasteiger partial charge in [0.25, 0.3) is 0 Å². The highest BCUT2D eigenvalue weighted by Gasteiger charge is 2.19. The monoisotopic (exact) mass is 396 g/mol. The number of rotatable bonds is 6. The van der Waals surface area contributed by atoms with Gasteiger partial charge in [-0.1, -0.05) is 18.2 Å². The first kappa shape index (κ1) is 21.1. The number of anilines is 1. The third kappa shape index (κ3) is 4.85. The van der Waals surface area contributed by atoms with Crippen LogP contribution in [0.25, 0.3) is 17.2 Å². The maximum atomic E-state index is 14.5. The van der Waals surface area contributed by atoms with Gasteiger partial charge >= 0.3 is 0 Å². The quantitative estimate of drug-likeness (QED) is 0.712. The molecule has 0 unspecified atom stereocenters. The Morgan fingerprint density at radius 1 is 1.28 bits per heavy atom. The van der Waals surface area contributed by atoms with Crippen LogP contribution in [0.3, 0.4) is 0 Å². The molecule has 5 heteroatoms. The molecule has 0 amide bonds. The van der Waals surface area contributed by atoms with Crippen LogP contribution in [-0.2, 0) is 4.74 Å². The van der Waals surface area contributed by atoms with E-state index in [4.69, 9.17) is 4.74 Å². The van der Waals surface area contributed by atoms with E-state index in [1.165, 1.54) is 0 Å². The number of aliphatic hydroxyl groups is 1. The second-order valence-electron chi connectivity index (χ2n) is 7.93. The van der Waals surface area contributed by atoms with Crippen LogP contribution in [0.2, 0.25) is 0 Å². The predicted molar refractivity (Wildman–Crippen MR) is 118 cm³/mol. The molecule has 0 bridgehead atoms. The molecule has 0 aliphatic carbocycles. The summed E-state index contributed by atoms with van der Waals surface area (Å²) in [6.45, 7) is 10.4. The van der Waals surface area contributed by atoms with Crippen LogP contribution in [0.4, 0.5) is 10.1 Å². The lowest BCUT2D eigenvalue weighted by Gasteiger charge is -2.14. The van der Waals surface area contributed by atoms with E-state index in [0.717, 1.165) is 33.4 Å². The highest BCUT2D eigenvalue weighted by Crippen LogP contribution is 2.30. The Hall–Kier alpha value is -2.66. The van der Waals surface area contributed by atoms with E-state index in [0.29, 0.717) is 18.2 Å². The molecule has 1 heterocycles. The van der Waals surface area contributed by atoms with Crippen LogP contribution in [0.15, 0.2) is 40.9 Å². The van der Waals surface area contributed by atoms with E-state index in [-0.39, 0.29) is 24.5 Å². The molecular weight excluding hydrogens is 367 g/mol. The Balaban J connectivity index is 1.90. The molecule has 4 nitrogen and oxygen atoms in total. The Morgan fingerprint density at radius 2 is 2.03 bits per heavy atom. The standard InChI is InChI=1S/C24H29FN2O2/c1-14(2)26-23-7-6-18(11-22(23)25)21-10-15(3)19(8-16(21)4)9-17(5)24-27-20(12-28)13-29-24/h6-11,14,20,26,28H,12-13H2,1-5H3/b17-9+/t20-/m0/s1. The number of ether oxygens (including phenoxy) is 1. The summed E-state index contributed by atoms with van der Waals surface area (Å²) in [6, 6.07) is 9.52. The zero-order valence-electron chi connectivity index (χ0n) is 17.7. The topological polar surface area (TPSA) is 53.9 Å². The van der Waals surface area contributed by atoms with E-state index in [2.05, 4.69) is 22.4 Å². The number of halogens is 1. The summed E-state index contributed by atoms with van der Waals surface area (Å²) < 4.78 is 20.1. The van der Waals surface area contributed by atoms with Gasteiger partial charge in [-0.3, -0.25) is 0 Å². The second-order valence-corrected chi connectivity index (χ2v) is 7.93. The van der Waals surface area contributed by atoms with Gasteiger partial charge in [0.2, 0.25) is 5.90 Å². The molecule has 0 spiro atoms. The minimum atomic E-state index is -0.247.